The summed E-state index contributed by atoms with van der Waals surface area (Å²) in [5.74, 6) is 0. The molecule has 1 unspecified atom stereocenters. The molecule has 0 spiro atoms. The molecular formula is C10H13N2. The van der Waals surface area contributed by atoms with Crippen LogP contribution in [0.4, 0.5) is 0 Å². The minimum absolute atomic E-state index is 0.516. The van der Waals surface area contributed by atoms with Crippen LogP contribution in [-0.2, 0) is 0 Å². The Kier molecular flexibility index (Phi) is 2.37. The maximum atomic E-state index is 4.00. The Morgan fingerprint density at radius 3 is 2.83 bits per heavy atom. The van der Waals surface area contributed by atoms with Gasteiger partial charge in [0.15, 0.2) is 0 Å². The van der Waals surface area contributed by atoms with Gasteiger partial charge in [-0.1, -0.05) is 0 Å². The van der Waals surface area contributed by atoms with Gasteiger partial charge in [-0.05, 0) is 43.5 Å². The van der Waals surface area contributed by atoms with Crippen molar-refractivity contribution in [3.8, 4) is 0 Å². The molecule has 0 aromatic carbocycles. The van der Waals surface area contributed by atoms with E-state index in [2.05, 4.69) is 28.9 Å². The maximum Gasteiger partial charge on any atom is 0.0324 e. The fraction of sp³-hybridized carbons (Fsp3) is 0.400. The zero-order chi connectivity index (χ0) is 8.23. The van der Waals surface area contributed by atoms with Crippen LogP contribution in [0.2, 0.25) is 0 Å². The van der Waals surface area contributed by atoms with Crippen LogP contribution in [-0.4, -0.2) is 11.5 Å². The topological polar surface area (TPSA) is 24.9 Å². The van der Waals surface area contributed by atoms with Crippen molar-refractivity contribution in [2.45, 2.75) is 18.9 Å². The molecule has 1 aliphatic rings. The van der Waals surface area contributed by atoms with E-state index >= 15 is 0 Å². The lowest BCUT2D eigenvalue weighted by Gasteiger charge is -2.23. The highest BCUT2D eigenvalue weighted by molar-refractivity contribution is 5.16. The van der Waals surface area contributed by atoms with E-state index in [1.807, 2.05) is 12.4 Å². The van der Waals surface area contributed by atoms with E-state index in [1.165, 1.54) is 12.0 Å². The molecule has 1 aromatic heterocycles. The molecule has 1 aliphatic heterocycles. The van der Waals surface area contributed by atoms with Crippen molar-refractivity contribution < 1.29 is 0 Å². The van der Waals surface area contributed by atoms with Crippen LogP contribution >= 0.6 is 0 Å². The number of hydrogen-bond donors (Lipinski definition) is 1. The fourth-order valence-electron chi connectivity index (χ4n) is 1.58. The van der Waals surface area contributed by atoms with Gasteiger partial charge in [-0.15, -0.1) is 0 Å². The normalized spacial score (nSPS) is 23.8. The van der Waals surface area contributed by atoms with Crippen molar-refractivity contribution in [3.05, 3.63) is 36.5 Å². The number of rotatable bonds is 1. The monoisotopic (exact) mass is 161 g/mol. The van der Waals surface area contributed by atoms with Crippen LogP contribution in [0.3, 0.4) is 0 Å². The quantitative estimate of drug-likeness (QED) is 0.678. The third-order valence-electron chi connectivity index (χ3n) is 2.25. The van der Waals surface area contributed by atoms with Crippen LogP contribution in [0, 0.1) is 6.42 Å². The molecule has 1 aromatic rings. The second kappa shape index (κ2) is 3.68. The van der Waals surface area contributed by atoms with Crippen molar-refractivity contribution in [2.75, 3.05) is 6.54 Å². The summed E-state index contributed by atoms with van der Waals surface area (Å²) in [4.78, 5) is 4.00. The summed E-state index contributed by atoms with van der Waals surface area (Å²) in [5, 5.41) is 3.48. The molecule has 12 heavy (non-hydrogen) atoms. The zero-order valence-electron chi connectivity index (χ0n) is 7.03. The van der Waals surface area contributed by atoms with Crippen molar-refractivity contribution in [2.24, 2.45) is 0 Å². The van der Waals surface area contributed by atoms with Crippen molar-refractivity contribution in [1.82, 2.24) is 10.3 Å². The Morgan fingerprint density at radius 1 is 1.33 bits per heavy atom. The highest BCUT2D eigenvalue weighted by atomic mass is 14.9. The summed E-state index contributed by atoms with van der Waals surface area (Å²) in [6, 6.07) is 4.68. The number of nitrogens with one attached hydrogen (secondary N) is 1. The molecule has 1 saturated heterocycles. The Balaban J connectivity index is 2.08. The van der Waals surface area contributed by atoms with Gasteiger partial charge in [-0.2, -0.15) is 0 Å². The lowest BCUT2D eigenvalue weighted by Crippen LogP contribution is -2.26. The van der Waals surface area contributed by atoms with Crippen molar-refractivity contribution in [1.29, 1.82) is 0 Å². The van der Waals surface area contributed by atoms with Gasteiger partial charge in [0.25, 0.3) is 0 Å². The highest BCUT2D eigenvalue weighted by Gasteiger charge is 2.13. The van der Waals surface area contributed by atoms with Crippen LogP contribution in [0.15, 0.2) is 24.5 Å². The molecule has 0 amide bonds. The Labute approximate surface area is 73.0 Å². The zero-order valence-corrected chi connectivity index (χ0v) is 7.03. The van der Waals surface area contributed by atoms with Gasteiger partial charge in [0.1, 0.15) is 0 Å². The predicted molar refractivity (Wildman–Crippen MR) is 48.5 cm³/mol. The Bertz CT molecular complexity index is 227. The number of piperidine rings is 1. The average Bonchev–Trinajstić information content (AvgIpc) is 2.21. The van der Waals surface area contributed by atoms with E-state index in [1.54, 1.807) is 0 Å². The van der Waals surface area contributed by atoms with Gasteiger partial charge in [0.05, 0.1) is 0 Å². The SMILES string of the molecule is [CH]1CCNC(c2ccncc2)C1. The van der Waals surface area contributed by atoms with Gasteiger partial charge in [0, 0.05) is 18.4 Å². The lowest BCUT2D eigenvalue weighted by molar-refractivity contribution is 0.474. The van der Waals surface area contributed by atoms with E-state index in [-0.39, 0.29) is 0 Å². The number of aromatic nitrogens is 1. The first kappa shape index (κ1) is 7.74. The summed E-state index contributed by atoms with van der Waals surface area (Å²) in [5.41, 5.74) is 1.35. The molecule has 0 aliphatic carbocycles. The second-order valence-corrected chi connectivity index (χ2v) is 3.10. The Hall–Kier alpha value is -0.890. The van der Waals surface area contributed by atoms with Gasteiger partial charge in [-0.25, -0.2) is 0 Å². The minimum atomic E-state index is 0.516. The molecule has 2 rings (SSSR count). The summed E-state index contributed by atoms with van der Waals surface area (Å²) in [6.45, 7) is 1.10. The van der Waals surface area contributed by atoms with Gasteiger partial charge in [0.2, 0.25) is 0 Å². The summed E-state index contributed by atoms with van der Waals surface area (Å²) < 4.78 is 0. The van der Waals surface area contributed by atoms with Crippen LogP contribution < -0.4 is 5.32 Å². The first-order valence-corrected chi connectivity index (χ1v) is 4.42. The average molecular weight is 161 g/mol. The number of hydrogen-bond acceptors (Lipinski definition) is 2. The lowest BCUT2D eigenvalue weighted by atomic mass is 9.99. The molecule has 2 heteroatoms. The minimum Gasteiger partial charge on any atom is -0.310 e. The highest BCUT2D eigenvalue weighted by Crippen LogP contribution is 2.20. The molecule has 63 valence electrons. The molecule has 2 heterocycles. The number of pyridine rings is 1. The second-order valence-electron chi connectivity index (χ2n) is 3.10. The van der Waals surface area contributed by atoms with E-state index in [0.29, 0.717) is 6.04 Å². The molecule has 0 bridgehead atoms. The molecular weight excluding hydrogens is 148 g/mol. The van der Waals surface area contributed by atoms with E-state index in [4.69, 9.17) is 0 Å². The largest absolute Gasteiger partial charge is 0.310 e. The summed E-state index contributed by atoms with van der Waals surface area (Å²) in [7, 11) is 0. The number of nitrogens with zero attached hydrogens (tertiary/aromatic N) is 1. The van der Waals surface area contributed by atoms with Crippen LogP contribution in [0.5, 0.6) is 0 Å². The third kappa shape index (κ3) is 1.64. The summed E-state index contributed by atoms with van der Waals surface area (Å²) in [6.07, 6.45) is 8.39. The third-order valence-corrected chi connectivity index (χ3v) is 2.25. The van der Waals surface area contributed by atoms with Crippen molar-refractivity contribution in [3.63, 3.8) is 0 Å². The predicted octanol–water partition coefficient (Wildman–Crippen LogP) is 1.71. The Morgan fingerprint density at radius 2 is 2.17 bits per heavy atom. The molecule has 1 radical (unpaired) electrons. The first-order valence-electron chi connectivity index (χ1n) is 4.42. The van der Waals surface area contributed by atoms with E-state index < -0.39 is 0 Å². The van der Waals surface area contributed by atoms with Gasteiger partial charge in [-0.3, -0.25) is 4.98 Å². The summed E-state index contributed by atoms with van der Waals surface area (Å²) >= 11 is 0. The van der Waals surface area contributed by atoms with Gasteiger partial charge < -0.3 is 5.32 Å². The smallest absolute Gasteiger partial charge is 0.0324 e. The van der Waals surface area contributed by atoms with E-state index in [0.717, 1.165) is 13.0 Å². The maximum absolute atomic E-state index is 4.00. The van der Waals surface area contributed by atoms with Gasteiger partial charge >= 0.3 is 0 Å². The van der Waals surface area contributed by atoms with Crippen LogP contribution in [0.1, 0.15) is 24.4 Å². The molecule has 1 atom stereocenters. The fourth-order valence-corrected chi connectivity index (χ4v) is 1.58. The first-order chi connectivity index (χ1) is 5.97. The van der Waals surface area contributed by atoms with Crippen molar-refractivity contribution >= 4 is 0 Å². The molecule has 1 N–H and O–H groups in total. The van der Waals surface area contributed by atoms with Crippen LogP contribution in [0.25, 0.3) is 0 Å². The molecule has 2 nitrogen and oxygen atoms in total. The standard InChI is InChI=1S/C10H13N2/c1-2-6-12-10(3-1)9-4-7-11-8-5-9/h1,4-5,7-8,10,12H,2-3,6H2. The molecule has 0 saturated carbocycles. The molecule has 1 fully saturated rings. The van der Waals surface area contributed by atoms with E-state index in [9.17, 15) is 0 Å².